The van der Waals surface area contributed by atoms with Crippen LogP contribution in [0.4, 0.5) is 5.69 Å². The Labute approximate surface area is 210 Å². The van der Waals surface area contributed by atoms with Crippen molar-refractivity contribution in [3.63, 3.8) is 0 Å². The van der Waals surface area contributed by atoms with Gasteiger partial charge < -0.3 is 10.6 Å². The van der Waals surface area contributed by atoms with Crippen molar-refractivity contribution in [2.45, 2.75) is 32.9 Å². The highest BCUT2D eigenvalue weighted by Crippen LogP contribution is 2.29. The van der Waals surface area contributed by atoms with Gasteiger partial charge in [0.1, 0.15) is 5.75 Å². The molecule has 1 saturated carbocycles. The number of hydrogen-bond donors (Lipinski definition) is 1. The van der Waals surface area contributed by atoms with Gasteiger partial charge >= 0.3 is 11.4 Å². The fourth-order valence-electron chi connectivity index (χ4n) is 3.51. The van der Waals surface area contributed by atoms with E-state index in [0.717, 1.165) is 9.24 Å². The first-order valence-corrected chi connectivity index (χ1v) is 11.8. The summed E-state index contributed by atoms with van der Waals surface area (Å²) in [4.78, 5) is 53.2. The van der Waals surface area contributed by atoms with E-state index in [0.29, 0.717) is 34.5 Å². The molecule has 1 amide bonds. The largest absolute Gasteiger partial charge is 0.493 e. The molecule has 0 saturated heterocycles. The Bertz CT molecular complexity index is 1450. The molecule has 0 radical (unpaired) electrons. The molecule has 11 nitrogen and oxygen atoms in total. The topological polar surface area (TPSA) is 143 Å². The fraction of sp³-hybridized carbons (Fsp3) is 0.333. The maximum Gasteiger partial charge on any atom is 0.353 e. The molecule has 1 aromatic heterocycles. The highest BCUT2D eigenvalue weighted by Gasteiger charge is 2.22. The van der Waals surface area contributed by atoms with Crippen LogP contribution in [0.25, 0.3) is 0 Å². The summed E-state index contributed by atoms with van der Waals surface area (Å²) in [5.74, 6) is 5.42. The second kappa shape index (κ2) is 10.7. The Kier molecular flexibility index (Phi) is 7.49. The molecule has 0 aliphatic heterocycles. The first kappa shape index (κ1) is 25.1. The number of amides is 1. The first-order valence-electron chi connectivity index (χ1n) is 11.4. The van der Waals surface area contributed by atoms with E-state index >= 15 is 0 Å². The number of rotatable bonds is 9. The molecule has 12 heteroatoms. The van der Waals surface area contributed by atoms with Crippen LogP contribution >= 0.6 is 11.6 Å². The monoisotopic (exact) mass is 512 g/mol. The zero-order valence-corrected chi connectivity index (χ0v) is 20.3. The van der Waals surface area contributed by atoms with Crippen molar-refractivity contribution in [3.8, 4) is 5.75 Å². The van der Waals surface area contributed by atoms with E-state index in [4.69, 9.17) is 22.2 Å². The number of nitrogens with zero attached hydrogens (tertiary/aromatic N) is 5. The molecule has 0 spiro atoms. The third kappa shape index (κ3) is 5.80. The third-order valence-electron chi connectivity index (χ3n) is 5.83. The van der Waals surface area contributed by atoms with E-state index in [2.05, 4.69) is 10.2 Å². The molecule has 0 unspecified atom stereocenters. The molecule has 2 N–H and O–H groups in total. The lowest BCUT2D eigenvalue weighted by Gasteiger charge is -2.15. The average molecular weight is 513 g/mol. The van der Waals surface area contributed by atoms with Gasteiger partial charge in [-0.2, -0.15) is 4.68 Å². The normalized spacial score (nSPS) is 14.4. The van der Waals surface area contributed by atoms with E-state index in [1.807, 2.05) is 0 Å². The number of halogens is 1. The molecular weight excluding hydrogens is 488 g/mol. The molecular formula is C24H25ClN6O5. The van der Waals surface area contributed by atoms with E-state index in [9.17, 15) is 19.3 Å². The van der Waals surface area contributed by atoms with Crippen LogP contribution in [0.2, 0.25) is 5.02 Å². The number of hydrogen-bond acceptors (Lipinski definition) is 7. The molecule has 1 aliphatic carbocycles. The summed E-state index contributed by atoms with van der Waals surface area (Å²) < 4.78 is 8.48. The summed E-state index contributed by atoms with van der Waals surface area (Å²) in [5.41, 5.74) is -0.588. The van der Waals surface area contributed by atoms with Crippen LogP contribution in [0.5, 0.6) is 5.75 Å². The minimum atomic E-state index is -0.997. The minimum Gasteiger partial charge on any atom is -0.493 e. The Morgan fingerprint density at radius 3 is 2.36 bits per heavy atom. The van der Waals surface area contributed by atoms with Gasteiger partial charge in [0.15, 0.2) is 0 Å². The van der Waals surface area contributed by atoms with Crippen molar-refractivity contribution in [2.75, 3.05) is 12.4 Å². The molecule has 1 fully saturated rings. The van der Waals surface area contributed by atoms with Crippen LogP contribution in [-0.4, -0.2) is 26.3 Å². The summed E-state index contributed by atoms with van der Waals surface area (Å²) in [6, 6.07) is 13.7. The van der Waals surface area contributed by atoms with Crippen LogP contribution in [0.15, 0.2) is 68.3 Å². The van der Waals surface area contributed by atoms with Gasteiger partial charge in [-0.25, -0.2) is 19.1 Å². The molecule has 2 aromatic carbocycles. The molecule has 188 valence electrons. The lowest BCUT2D eigenvalue weighted by Crippen LogP contribution is -2.58. The van der Waals surface area contributed by atoms with Crippen LogP contribution < -0.4 is 27.6 Å². The van der Waals surface area contributed by atoms with Gasteiger partial charge in [0.05, 0.1) is 24.8 Å². The van der Waals surface area contributed by atoms with Gasteiger partial charge in [-0.3, -0.25) is 9.36 Å². The number of aromatic nitrogens is 3. The Balaban J connectivity index is 1.79. The summed E-state index contributed by atoms with van der Waals surface area (Å²) in [6.07, 6.45) is 2.36. The van der Waals surface area contributed by atoms with Gasteiger partial charge in [0.2, 0.25) is 5.62 Å². The predicted molar refractivity (Wildman–Crippen MR) is 134 cm³/mol. The van der Waals surface area contributed by atoms with E-state index in [-0.39, 0.29) is 18.7 Å². The maximum atomic E-state index is 13.4. The van der Waals surface area contributed by atoms with Crippen molar-refractivity contribution >= 4 is 23.2 Å². The zero-order chi connectivity index (χ0) is 25.8. The minimum absolute atomic E-state index is 0.0170. The van der Waals surface area contributed by atoms with E-state index in [1.165, 1.54) is 24.3 Å². The van der Waals surface area contributed by atoms with Crippen molar-refractivity contribution in [3.05, 3.63) is 90.6 Å². The number of nitrogens with two attached hydrogens (primary N) is 1. The van der Waals surface area contributed by atoms with Crippen LogP contribution in [0.3, 0.4) is 0 Å². The number of carbonyl (C=O) groups is 1. The quantitative estimate of drug-likeness (QED) is 0.344. The zero-order valence-electron chi connectivity index (χ0n) is 19.5. The second-order valence-electron chi connectivity index (χ2n) is 8.75. The van der Waals surface area contributed by atoms with Crippen LogP contribution in [-0.2, 0) is 17.9 Å². The third-order valence-corrected chi connectivity index (χ3v) is 6.08. The van der Waals surface area contributed by atoms with Gasteiger partial charge in [-0.1, -0.05) is 30.7 Å². The standard InChI is InChI=1S/C24H25ClN6O5/c1-15(21(32)28-35)12-30-23(33)29(13-16-4-6-18(25)7-5-16)22(31(26)24(30)34)27-19-8-10-20(11-9-19)36-14-17-2-3-17/h4-11,15,17H,2-3,12-14,26H2,1H3/b27-22-/t15-/m0/s1. The number of ether oxygens (including phenoxy) is 1. The molecule has 4 rings (SSSR count). The van der Waals surface area contributed by atoms with Gasteiger partial charge in [-0.05, 0) is 60.7 Å². The number of carbonyl (C=O) groups excluding carboxylic acids is 1. The SMILES string of the molecule is C[C@@H](Cn1c(=O)n(N)/c(=N\c2ccc(OCC3CC3)cc2)n(Cc2ccc(Cl)cc2)c1=O)C(=O)N=O. The van der Waals surface area contributed by atoms with Gasteiger partial charge in [0, 0.05) is 16.7 Å². The summed E-state index contributed by atoms with van der Waals surface area (Å²) in [6.45, 7) is 1.71. The highest BCUT2D eigenvalue weighted by atomic mass is 35.5. The van der Waals surface area contributed by atoms with E-state index in [1.54, 1.807) is 48.5 Å². The molecule has 1 aliphatic rings. The first-order chi connectivity index (χ1) is 17.3. The van der Waals surface area contributed by atoms with Crippen LogP contribution in [0, 0.1) is 16.7 Å². The number of nitroso groups, excluding NO2 is 1. The van der Waals surface area contributed by atoms with Crippen molar-refractivity contribution in [1.29, 1.82) is 0 Å². The van der Waals surface area contributed by atoms with E-state index < -0.39 is 23.2 Å². The lowest BCUT2D eigenvalue weighted by atomic mass is 10.2. The molecule has 36 heavy (non-hydrogen) atoms. The molecule has 1 heterocycles. The number of nitrogen functional groups attached to an aromatic ring is 1. The van der Waals surface area contributed by atoms with Crippen molar-refractivity contribution in [1.82, 2.24) is 13.8 Å². The van der Waals surface area contributed by atoms with Crippen LogP contribution in [0.1, 0.15) is 25.3 Å². The smallest absolute Gasteiger partial charge is 0.353 e. The van der Waals surface area contributed by atoms with Gasteiger partial charge in [0.25, 0.3) is 5.91 Å². The van der Waals surface area contributed by atoms with Crippen molar-refractivity contribution in [2.24, 2.45) is 22.0 Å². The second-order valence-corrected chi connectivity index (χ2v) is 9.19. The summed E-state index contributed by atoms with van der Waals surface area (Å²) >= 11 is 5.98. The summed E-state index contributed by atoms with van der Waals surface area (Å²) in [7, 11) is 0. The maximum absolute atomic E-state index is 13.4. The number of benzene rings is 2. The highest BCUT2D eigenvalue weighted by molar-refractivity contribution is 6.30. The Morgan fingerprint density at radius 1 is 1.08 bits per heavy atom. The lowest BCUT2D eigenvalue weighted by molar-refractivity contribution is -0.121. The summed E-state index contributed by atoms with van der Waals surface area (Å²) in [5, 5.41) is 2.90. The molecule has 1 atom stereocenters. The fourth-order valence-corrected chi connectivity index (χ4v) is 3.64. The average Bonchev–Trinajstić information content (AvgIpc) is 3.72. The Hall–Kier alpha value is -3.99. The van der Waals surface area contributed by atoms with Crippen molar-refractivity contribution < 1.29 is 9.53 Å². The predicted octanol–water partition coefficient (Wildman–Crippen LogP) is 2.18. The molecule has 0 bridgehead atoms. The van der Waals surface area contributed by atoms with Gasteiger partial charge in [-0.15, -0.1) is 4.91 Å². The molecule has 3 aromatic rings. The Morgan fingerprint density at radius 2 is 1.75 bits per heavy atom.